The van der Waals surface area contributed by atoms with Gasteiger partial charge in [-0.2, -0.15) is 8.78 Å². The number of esters is 1. The third kappa shape index (κ3) is 23.6. The van der Waals surface area contributed by atoms with E-state index in [9.17, 15) is 32.3 Å². The average molecular weight is 1050 g/mol. The minimum Gasteiger partial charge on any atom is -0.420 e. The number of rotatable bonds is 42. The number of hydrogen-bond donors (Lipinski definition) is 2. The van der Waals surface area contributed by atoms with Gasteiger partial charge >= 0.3 is 5.97 Å². The van der Waals surface area contributed by atoms with Crippen LogP contribution in [0.25, 0.3) is 6.08 Å². The second kappa shape index (κ2) is 35.5. The van der Waals surface area contributed by atoms with Gasteiger partial charge in [-0.15, -0.1) is 11.3 Å². The summed E-state index contributed by atoms with van der Waals surface area (Å²) in [6.45, 7) is 14.0. The Hall–Kier alpha value is -3.73. The zero-order valence-corrected chi connectivity index (χ0v) is 42.3. The highest BCUT2D eigenvalue weighted by Gasteiger charge is 2.40. The molecule has 1 fully saturated rings. The number of amides is 1. The summed E-state index contributed by atoms with van der Waals surface area (Å²) in [5, 5.41) is 12.5. The van der Waals surface area contributed by atoms with Crippen molar-refractivity contribution < 1.29 is 89.2 Å². The molecule has 0 atom stereocenters. The first-order chi connectivity index (χ1) is 34.9. The van der Waals surface area contributed by atoms with E-state index in [1.54, 1.807) is 11.3 Å². The number of nitrogens with zero attached hydrogens (tertiary/aromatic N) is 3. The smallest absolute Gasteiger partial charge is 0.313 e. The van der Waals surface area contributed by atoms with Gasteiger partial charge in [0.2, 0.25) is 17.4 Å². The number of hydrogen-bond acceptors (Lipinski definition) is 19. The maximum absolute atomic E-state index is 13.6. The minimum atomic E-state index is -1.80. The Morgan fingerprint density at radius 1 is 0.708 bits per heavy atom. The van der Waals surface area contributed by atoms with Gasteiger partial charge in [0.15, 0.2) is 11.6 Å². The van der Waals surface area contributed by atoms with Crippen molar-refractivity contribution in [2.45, 2.75) is 51.6 Å². The van der Waals surface area contributed by atoms with Crippen molar-refractivity contribution in [2.24, 2.45) is 10.7 Å². The molecule has 4 rings (SSSR count). The normalized spacial score (nSPS) is 14.4. The summed E-state index contributed by atoms with van der Waals surface area (Å²) < 4.78 is 113. The van der Waals surface area contributed by atoms with Gasteiger partial charge in [0.05, 0.1) is 161 Å². The molecule has 1 amide bonds. The van der Waals surface area contributed by atoms with E-state index in [0.29, 0.717) is 163 Å². The molecular weight excluding hydrogens is 981 g/mol. The molecule has 0 spiro atoms. The lowest BCUT2D eigenvalue weighted by molar-refractivity contribution is -0.180. The number of likely N-dealkylation sites (tertiary alicyclic amines) is 1. The molecule has 1 saturated heterocycles. The van der Waals surface area contributed by atoms with Gasteiger partial charge < -0.3 is 62.9 Å². The Bertz CT molecular complexity index is 1910. The van der Waals surface area contributed by atoms with Gasteiger partial charge in [-0.05, 0) is 38.3 Å². The molecule has 72 heavy (non-hydrogen) atoms. The largest absolute Gasteiger partial charge is 0.420 e. The maximum Gasteiger partial charge on any atom is 0.313 e. The summed E-state index contributed by atoms with van der Waals surface area (Å²) in [6.07, 6.45) is 3.83. The highest BCUT2D eigenvalue weighted by molar-refractivity contribution is 7.13. The van der Waals surface area contributed by atoms with Crippen molar-refractivity contribution in [3.63, 3.8) is 0 Å². The van der Waals surface area contributed by atoms with E-state index < -0.39 is 47.0 Å². The second-order valence-corrected chi connectivity index (χ2v) is 17.5. The number of amidine groups is 1. The van der Waals surface area contributed by atoms with E-state index in [0.717, 1.165) is 28.4 Å². The van der Waals surface area contributed by atoms with E-state index in [1.807, 2.05) is 26.0 Å². The molecule has 0 bridgehead atoms. The summed E-state index contributed by atoms with van der Waals surface area (Å²) in [5.41, 5.74) is 6.74. The number of ether oxygens (including phenoxy) is 11. The van der Waals surface area contributed by atoms with Crippen LogP contribution in [0.5, 0.6) is 5.75 Å². The SMILES string of the molecule is CCCN(OCC)C(=O)C1=Cc2sc(CCC3(O)CN(CCOCCOCCOCCOCCOCCOCCOCCOCCOCCOCCC(=O)Oc4c(F)c(F)cc(F)c4F)C3)cc2N=C(N)C1. The van der Waals surface area contributed by atoms with Crippen LogP contribution in [0.2, 0.25) is 0 Å². The number of aryl methyl sites for hydroxylation is 1. The molecule has 2 aliphatic rings. The molecule has 0 saturated carbocycles. The van der Waals surface area contributed by atoms with Crippen LogP contribution < -0.4 is 10.5 Å². The lowest BCUT2D eigenvalue weighted by Crippen LogP contribution is -2.62. The Morgan fingerprint density at radius 3 is 1.62 bits per heavy atom. The number of hydroxylamine groups is 2. The fourth-order valence-electron chi connectivity index (χ4n) is 6.93. The molecule has 3 heterocycles. The second-order valence-electron chi connectivity index (χ2n) is 16.3. The summed E-state index contributed by atoms with van der Waals surface area (Å²) in [6, 6.07) is 2.02. The fraction of sp³-hybridized carbons (Fsp3) is 0.688. The van der Waals surface area contributed by atoms with Crippen molar-refractivity contribution >= 4 is 40.8 Å². The summed E-state index contributed by atoms with van der Waals surface area (Å²) in [5.74, 6) is -9.32. The number of carbonyl (C=O) groups excluding carboxylic acids is 2. The molecule has 2 aliphatic heterocycles. The zero-order valence-electron chi connectivity index (χ0n) is 41.4. The van der Waals surface area contributed by atoms with Crippen molar-refractivity contribution in [2.75, 3.05) is 165 Å². The van der Waals surface area contributed by atoms with E-state index in [4.69, 9.17) is 57.9 Å². The molecule has 1 aromatic heterocycles. The maximum atomic E-state index is 13.6. The molecule has 408 valence electrons. The highest BCUT2D eigenvalue weighted by atomic mass is 32.1. The Morgan fingerprint density at radius 2 is 1.17 bits per heavy atom. The van der Waals surface area contributed by atoms with E-state index in [1.165, 1.54) is 5.06 Å². The van der Waals surface area contributed by atoms with Crippen molar-refractivity contribution in [1.29, 1.82) is 0 Å². The van der Waals surface area contributed by atoms with Gasteiger partial charge in [-0.3, -0.25) is 19.3 Å². The van der Waals surface area contributed by atoms with Crippen molar-refractivity contribution in [3.8, 4) is 5.75 Å². The first-order valence-corrected chi connectivity index (χ1v) is 25.1. The average Bonchev–Trinajstić information content (AvgIpc) is 3.65. The van der Waals surface area contributed by atoms with Crippen molar-refractivity contribution in [3.05, 3.63) is 50.7 Å². The molecular formula is C48H72F4N4O15S. The third-order valence-corrected chi connectivity index (χ3v) is 11.6. The predicted molar refractivity (Wildman–Crippen MR) is 256 cm³/mol. The molecule has 1 aromatic carbocycles. The fourth-order valence-corrected chi connectivity index (χ4v) is 8.00. The van der Waals surface area contributed by atoms with Crippen LogP contribution in [0.1, 0.15) is 49.3 Å². The van der Waals surface area contributed by atoms with Gasteiger partial charge in [0.1, 0.15) is 5.84 Å². The van der Waals surface area contributed by atoms with Gasteiger partial charge in [0, 0.05) is 49.1 Å². The van der Waals surface area contributed by atoms with Crippen LogP contribution in [0.3, 0.4) is 0 Å². The van der Waals surface area contributed by atoms with Crippen LogP contribution in [0.15, 0.2) is 22.7 Å². The number of β-amino-alcohol motifs (C(OH)–C–C–N with tert-alkyl or cyclic N) is 1. The van der Waals surface area contributed by atoms with Gasteiger partial charge in [-0.1, -0.05) is 6.92 Å². The van der Waals surface area contributed by atoms with Gasteiger partial charge in [-0.25, -0.2) is 18.8 Å². The lowest BCUT2D eigenvalue weighted by atomic mass is 9.89. The Kier molecular flexibility index (Phi) is 30.0. The lowest BCUT2D eigenvalue weighted by Gasteiger charge is -2.46. The first kappa shape index (κ1) is 60.8. The number of nitrogens with two attached hydrogens (primary N) is 1. The van der Waals surface area contributed by atoms with E-state index >= 15 is 0 Å². The molecule has 3 N–H and O–H groups in total. The molecule has 24 heteroatoms. The number of thiophene rings is 1. The van der Waals surface area contributed by atoms with Crippen LogP contribution >= 0.6 is 11.3 Å². The molecule has 0 radical (unpaired) electrons. The monoisotopic (exact) mass is 1050 g/mol. The molecule has 0 aliphatic carbocycles. The van der Waals surface area contributed by atoms with E-state index in [2.05, 4.69) is 14.6 Å². The van der Waals surface area contributed by atoms with Crippen LogP contribution in [-0.2, 0) is 68.2 Å². The number of fused-ring (bicyclic) bond motifs is 1. The summed E-state index contributed by atoms with van der Waals surface area (Å²) in [7, 11) is 0. The van der Waals surface area contributed by atoms with Crippen molar-refractivity contribution in [1.82, 2.24) is 9.96 Å². The molecule has 19 nitrogen and oxygen atoms in total. The number of halogens is 4. The van der Waals surface area contributed by atoms with Gasteiger partial charge in [0.25, 0.3) is 5.91 Å². The zero-order chi connectivity index (χ0) is 51.8. The molecule has 0 unspecified atom stereocenters. The first-order valence-electron chi connectivity index (χ1n) is 24.3. The quantitative estimate of drug-likeness (QED) is 0.0236. The standard InChI is InChI=1S/C48H72F4N4O15S/c1-3-8-56(70-4-2)47(58)36-30-41-40(54-42(53)31-36)32-37(72-41)5-7-48(59)34-55(35-48)9-11-61-13-15-63-17-19-65-21-23-67-25-27-69-29-28-68-26-24-66-22-20-64-18-16-62-14-12-60-10-6-43(57)71-46-44(51)38(49)33-39(50)45(46)52/h30,32-33,59H,3-29,31,34-35H2,1-2H3,(H2,53,54). The summed E-state index contributed by atoms with van der Waals surface area (Å²) in [4.78, 5) is 39.2. The van der Waals surface area contributed by atoms with Crippen LogP contribution in [0.4, 0.5) is 23.2 Å². The summed E-state index contributed by atoms with van der Waals surface area (Å²) >= 11 is 1.57. The Balaban J connectivity index is 0.827. The third-order valence-electron chi connectivity index (χ3n) is 10.5. The number of carbonyl (C=O) groups is 2. The van der Waals surface area contributed by atoms with E-state index in [-0.39, 0.29) is 38.2 Å². The predicted octanol–water partition coefficient (Wildman–Crippen LogP) is 4.41. The molecule has 2 aromatic rings. The highest BCUT2D eigenvalue weighted by Crippen LogP contribution is 2.37. The minimum absolute atomic E-state index is 0.0165. The Labute approximate surface area is 422 Å². The van der Waals surface area contributed by atoms with Crippen LogP contribution in [0, 0.1) is 23.3 Å². The van der Waals surface area contributed by atoms with Crippen LogP contribution in [-0.4, -0.2) is 203 Å². The number of benzene rings is 1. The topological polar surface area (TPSA) is 210 Å². The number of aliphatic imine (C=N–C) groups is 1. The number of aliphatic hydroxyl groups is 1.